The maximum absolute atomic E-state index is 8.17. The zero-order chi connectivity index (χ0) is 7.40. The molecule has 3 nitrogen and oxygen atoms in total. The van der Waals surface area contributed by atoms with Crippen LogP contribution in [-0.4, -0.2) is 10.9 Å². The van der Waals surface area contributed by atoms with Gasteiger partial charge in [0.2, 0.25) is 0 Å². The first-order valence-corrected chi connectivity index (χ1v) is 4.44. The van der Waals surface area contributed by atoms with E-state index in [0.29, 0.717) is 4.83 Å². The molecule has 1 rings (SSSR count). The molecule has 1 aliphatic rings. The van der Waals surface area contributed by atoms with E-state index in [4.69, 9.17) is 5.53 Å². The van der Waals surface area contributed by atoms with Crippen LogP contribution in [0.5, 0.6) is 0 Å². The van der Waals surface area contributed by atoms with Crippen LogP contribution in [0.25, 0.3) is 10.4 Å². The monoisotopic (exact) mass is 203 g/mol. The first-order valence-electron chi connectivity index (χ1n) is 3.53. The van der Waals surface area contributed by atoms with Crippen molar-refractivity contribution in [3.05, 3.63) is 10.4 Å². The molecule has 4 heteroatoms. The molecule has 1 saturated carbocycles. The minimum atomic E-state index is 0.193. The molecule has 2 atom stereocenters. The Morgan fingerprint density at radius 3 is 2.70 bits per heavy atom. The van der Waals surface area contributed by atoms with Crippen LogP contribution < -0.4 is 0 Å². The molecular weight excluding hydrogens is 194 g/mol. The predicted octanol–water partition coefficient (Wildman–Crippen LogP) is 3.00. The fraction of sp³-hybridized carbons (Fsp3) is 1.00. The van der Waals surface area contributed by atoms with Crippen LogP contribution in [0, 0.1) is 0 Å². The molecule has 0 aromatic carbocycles. The summed E-state index contributed by atoms with van der Waals surface area (Å²) in [4.78, 5) is 3.22. The number of halogens is 1. The van der Waals surface area contributed by atoms with Crippen LogP contribution >= 0.6 is 15.9 Å². The van der Waals surface area contributed by atoms with Gasteiger partial charge in [-0.1, -0.05) is 33.9 Å². The lowest BCUT2D eigenvalue weighted by molar-refractivity contribution is 0.457. The van der Waals surface area contributed by atoms with E-state index in [1.807, 2.05) is 0 Å². The van der Waals surface area contributed by atoms with Crippen molar-refractivity contribution in [2.75, 3.05) is 0 Å². The molecule has 1 fully saturated rings. The van der Waals surface area contributed by atoms with Crippen LogP contribution in [0.3, 0.4) is 0 Å². The Kier molecular flexibility index (Phi) is 3.03. The van der Waals surface area contributed by atoms with Crippen LogP contribution in [-0.2, 0) is 0 Å². The molecule has 0 saturated heterocycles. The lowest BCUT2D eigenvalue weighted by Gasteiger charge is -2.22. The summed E-state index contributed by atoms with van der Waals surface area (Å²) in [5.74, 6) is 0. The second-order valence-corrected chi connectivity index (χ2v) is 3.75. The van der Waals surface area contributed by atoms with E-state index in [2.05, 4.69) is 26.0 Å². The molecule has 0 aromatic heterocycles. The molecule has 0 radical (unpaired) electrons. The van der Waals surface area contributed by atoms with Gasteiger partial charge in [0.1, 0.15) is 0 Å². The van der Waals surface area contributed by atoms with Gasteiger partial charge in [-0.15, -0.1) is 0 Å². The summed E-state index contributed by atoms with van der Waals surface area (Å²) in [6.45, 7) is 0. The zero-order valence-electron chi connectivity index (χ0n) is 5.70. The standard InChI is InChI=1S/C6H10BrN3/c7-5-3-1-2-4-6(5)9-10-8/h5-6H,1-4H2. The normalized spacial score (nSPS) is 32.9. The number of azide groups is 1. The SMILES string of the molecule is [N-]=[N+]=NC1CCCCC1Br. The largest absolute Gasteiger partial charge is 0.0895 e. The molecule has 1 aliphatic carbocycles. The van der Waals surface area contributed by atoms with Gasteiger partial charge in [-0.25, -0.2) is 0 Å². The van der Waals surface area contributed by atoms with Gasteiger partial charge in [-0.2, -0.15) is 0 Å². The van der Waals surface area contributed by atoms with Crippen molar-refractivity contribution in [1.82, 2.24) is 0 Å². The molecule has 2 unspecified atom stereocenters. The fourth-order valence-corrected chi connectivity index (χ4v) is 1.96. The minimum absolute atomic E-state index is 0.193. The third-order valence-electron chi connectivity index (χ3n) is 1.85. The van der Waals surface area contributed by atoms with Crippen molar-refractivity contribution in [3.63, 3.8) is 0 Å². The summed E-state index contributed by atoms with van der Waals surface area (Å²) in [6, 6.07) is 0.193. The highest BCUT2D eigenvalue weighted by Crippen LogP contribution is 2.26. The Morgan fingerprint density at radius 1 is 1.40 bits per heavy atom. The molecule has 10 heavy (non-hydrogen) atoms. The maximum Gasteiger partial charge on any atom is 0.0499 e. The minimum Gasteiger partial charge on any atom is -0.0895 e. The quantitative estimate of drug-likeness (QED) is 0.273. The fourth-order valence-electron chi connectivity index (χ4n) is 1.26. The Hall–Kier alpha value is -0.210. The molecule has 0 N–H and O–H groups in total. The van der Waals surface area contributed by atoms with Crippen LogP contribution in [0.15, 0.2) is 5.11 Å². The Balaban J connectivity index is 2.47. The van der Waals surface area contributed by atoms with Crippen molar-refractivity contribution in [2.45, 2.75) is 36.6 Å². The maximum atomic E-state index is 8.17. The highest BCUT2D eigenvalue weighted by atomic mass is 79.9. The highest BCUT2D eigenvalue weighted by molar-refractivity contribution is 9.09. The molecule has 0 amide bonds. The van der Waals surface area contributed by atoms with Gasteiger partial charge in [-0.3, -0.25) is 0 Å². The van der Waals surface area contributed by atoms with E-state index in [-0.39, 0.29) is 6.04 Å². The van der Waals surface area contributed by atoms with E-state index < -0.39 is 0 Å². The number of hydrogen-bond donors (Lipinski definition) is 0. The van der Waals surface area contributed by atoms with Gasteiger partial charge in [0.15, 0.2) is 0 Å². The molecular formula is C6H10BrN3. The summed E-state index contributed by atoms with van der Waals surface area (Å²) in [6.07, 6.45) is 4.64. The molecule has 0 heterocycles. The van der Waals surface area contributed by atoms with E-state index in [1.54, 1.807) is 0 Å². The number of hydrogen-bond acceptors (Lipinski definition) is 1. The summed E-state index contributed by atoms with van der Waals surface area (Å²) in [5, 5.41) is 3.70. The van der Waals surface area contributed by atoms with Crippen molar-refractivity contribution in [1.29, 1.82) is 0 Å². The van der Waals surface area contributed by atoms with E-state index >= 15 is 0 Å². The number of rotatable bonds is 1. The van der Waals surface area contributed by atoms with Gasteiger partial charge in [0.25, 0.3) is 0 Å². The zero-order valence-corrected chi connectivity index (χ0v) is 7.29. The second-order valence-electron chi connectivity index (χ2n) is 2.57. The Morgan fingerprint density at radius 2 is 2.10 bits per heavy atom. The Labute approximate surface area is 68.6 Å². The summed E-state index contributed by atoms with van der Waals surface area (Å²) in [5.41, 5.74) is 8.17. The molecule has 56 valence electrons. The molecule has 0 spiro atoms. The smallest absolute Gasteiger partial charge is 0.0499 e. The van der Waals surface area contributed by atoms with Gasteiger partial charge in [0, 0.05) is 15.8 Å². The van der Waals surface area contributed by atoms with Gasteiger partial charge < -0.3 is 0 Å². The van der Waals surface area contributed by atoms with E-state index in [1.165, 1.54) is 12.8 Å². The molecule has 0 aromatic rings. The lowest BCUT2D eigenvalue weighted by atomic mass is 9.96. The topological polar surface area (TPSA) is 48.8 Å². The molecule has 0 bridgehead atoms. The van der Waals surface area contributed by atoms with E-state index in [0.717, 1.165) is 12.8 Å². The van der Waals surface area contributed by atoms with Crippen molar-refractivity contribution >= 4 is 15.9 Å². The van der Waals surface area contributed by atoms with Gasteiger partial charge in [0.05, 0.1) is 0 Å². The van der Waals surface area contributed by atoms with Crippen LogP contribution in [0.2, 0.25) is 0 Å². The average Bonchev–Trinajstić information content (AvgIpc) is 1.94. The van der Waals surface area contributed by atoms with Gasteiger partial charge in [-0.05, 0) is 18.4 Å². The predicted molar refractivity (Wildman–Crippen MR) is 44.1 cm³/mol. The number of alkyl halides is 1. The Bertz CT molecular complexity index is 153. The number of nitrogens with zero attached hydrogens (tertiary/aromatic N) is 3. The summed E-state index contributed by atoms with van der Waals surface area (Å²) < 4.78 is 0. The lowest BCUT2D eigenvalue weighted by Crippen LogP contribution is -2.21. The first-order chi connectivity index (χ1) is 4.84. The summed E-state index contributed by atoms with van der Waals surface area (Å²) >= 11 is 3.49. The second kappa shape index (κ2) is 3.84. The first kappa shape index (κ1) is 7.89. The van der Waals surface area contributed by atoms with Crippen LogP contribution in [0.1, 0.15) is 25.7 Å². The highest BCUT2D eigenvalue weighted by Gasteiger charge is 2.20. The van der Waals surface area contributed by atoms with Crippen molar-refractivity contribution in [2.24, 2.45) is 5.11 Å². The average molecular weight is 204 g/mol. The third kappa shape index (κ3) is 1.89. The third-order valence-corrected chi connectivity index (χ3v) is 2.92. The summed E-state index contributed by atoms with van der Waals surface area (Å²) in [7, 11) is 0. The van der Waals surface area contributed by atoms with E-state index in [9.17, 15) is 0 Å². The molecule has 0 aliphatic heterocycles. The van der Waals surface area contributed by atoms with Crippen LogP contribution in [0.4, 0.5) is 0 Å². The van der Waals surface area contributed by atoms with Gasteiger partial charge >= 0.3 is 0 Å². The van der Waals surface area contributed by atoms with Crippen molar-refractivity contribution in [3.8, 4) is 0 Å². The van der Waals surface area contributed by atoms with Crippen molar-refractivity contribution < 1.29 is 0 Å².